The molecule has 3 saturated carbocycles. The third kappa shape index (κ3) is 12.5. The number of rotatable bonds is 3. The summed E-state index contributed by atoms with van der Waals surface area (Å²) in [6.07, 6.45) is 21.0. The lowest BCUT2D eigenvalue weighted by atomic mass is 9.67. The molecule has 1 spiro atoms. The number of hydrogen-bond donors (Lipinski definition) is 7. The van der Waals surface area contributed by atoms with Gasteiger partial charge in [-0.15, -0.1) is 0 Å². The zero-order valence-electron chi connectivity index (χ0n) is 36.2. The van der Waals surface area contributed by atoms with Crippen molar-refractivity contribution in [3.8, 4) is 0 Å². The lowest BCUT2D eigenvalue weighted by Gasteiger charge is -2.46. The number of piperidine rings is 1. The average molecular weight is 865 g/mol. The Labute approximate surface area is 362 Å². The van der Waals surface area contributed by atoms with Crippen molar-refractivity contribution in [2.45, 2.75) is 196 Å². The topological polar surface area (TPSA) is 191 Å². The molecule has 3 aliphatic carbocycles. The first-order chi connectivity index (χ1) is 28.5. The van der Waals surface area contributed by atoms with Crippen molar-refractivity contribution in [1.82, 2.24) is 10.2 Å². The van der Waals surface area contributed by atoms with Gasteiger partial charge >= 0.3 is 11.9 Å². The monoisotopic (exact) mass is 865 g/mol. The van der Waals surface area contributed by atoms with Gasteiger partial charge in [0.2, 0.25) is 5.91 Å². The fraction of sp³-hybridized carbons (Fsp3) is 0.933. The van der Waals surface area contributed by atoms with Crippen molar-refractivity contribution in [2.75, 3.05) is 31.9 Å². The molecule has 7 rings (SSSR count). The Balaban J connectivity index is 1.12. The van der Waals surface area contributed by atoms with Gasteiger partial charge < -0.3 is 29.9 Å². The van der Waals surface area contributed by atoms with Gasteiger partial charge in [0.25, 0.3) is 0 Å². The summed E-state index contributed by atoms with van der Waals surface area (Å²) < 4.78 is 12.9. The van der Waals surface area contributed by atoms with E-state index in [0.29, 0.717) is 63.1 Å². The van der Waals surface area contributed by atoms with Gasteiger partial charge in [-0.05, 0) is 143 Å². The zero-order chi connectivity index (χ0) is 41.4. The highest BCUT2D eigenvalue weighted by atomic mass is 33.1. The molecule has 12 atom stereocenters. The normalized spacial score (nSPS) is 40.9. The molecule has 0 aromatic rings. The molecular weight excluding hydrogens is 785 g/mol. The number of nitrogens with one attached hydrogen (secondary N) is 2. The van der Waals surface area contributed by atoms with Crippen LogP contribution in [0.4, 0.5) is 0 Å². The maximum absolute atomic E-state index is 14.3. The molecule has 4 bridgehead atoms. The maximum atomic E-state index is 14.3. The second-order valence-electron chi connectivity index (χ2n) is 20.3. The summed E-state index contributed by atoms with van der Waals surface area (Å²) in [4.78, 5) is 32.2. The van der Waals surface area contributed by atoms with E-state index >= 15 is 0 Å². The van der Waals surface area contributed by atoms with Crippen molar-refractivity contribution < 1.29 is 39.6 Å². The summed E-state index contributed by atoms with van der Waals surface area (Å²) in [5, 5.41) is 29.4. The van der Waals surface area contributed by atoms with Gasteiger partial charge in [-0.3, -0.25) is 31.4 Å². The highest BCUT2D eigenvalue weighted by molar-refractivity contribution is 8.77. The molecule has 4 aliphatic heterocycles. The van der Waals surface area contributed by atoms with Crippen LogP contribution >= 0.6 is 21.6 Å². The van der Waals surface area contributed by atoms with Crippen molar-refractivity contribution in [2.24, 2.45) is 46.5 Å². The number of hydrogen-bond acceptors (Lipinski definition) is 11. The van der Waals surface area contributed by atoms with Crippen LogP contribution in [0.15, 0.2) is 0 Å². The second kappa shape index (κ2) is 21.4. The van der Waals surface area contributed by atoms with E-state index in [4.69, 9.17) is 20.9 Å². The van der Waals surface area contributed by atoms with E-state index in [1.165, 1.54) is 32.6 Å². The lowest BCUT2D eigenvalue weighted by Crippen LogP contribution is -2.94. The Bertz CT molecular complexity index is 1410. The quantitative estimate of drug-likeness (QED) is 0.163. The Kier molecular flexibility index (Phi) is 16.6. The fourth-order valence-electron chi connectivity index (χ4n) is 12.7. The molecule has 0 radical (unpaired) electrons. The molecule has 0 aromatic carbocycles. The number of esters is 1. The molecule has 3 saturated heterocycles. The SMILES string of the molecule is CC(=O)O[C@H]1CCC2CC(CN3C[C@@](CC4CC[NH2+]C(N)C4)(CC[NH+]=C(N)NC4(CCCC4)SSCCCCCC[C@H](O)C1)CC3=O)C(O)C1O[C@@H]3CCC[C@H]3CCC21. The van der Waals surface area contributed by atoms with Crippen LogP contribution in [0.3, 0.4) is 0 Å². The number of ether oxygens (including phenoxy) is 2. The Morgan fingerprint density at radius 3 is 2.58 bits per heavy atom. The summed E-state index contributed by atoms with van der Waals surface area (Å²) in [6.45, 7) is 4.42. The third-order valence-corrected chi connectivity index (χ3v) is 18.9. The first kappa shape index (κ1) is 45.7. The van der Waals surface area contributed by atoms with E-state index in [2.05, 4.69) is 20.5 Å². The Morgan fingerprint density at radius 2 is 1.76 bits per heavy atom. The van der Waals surface area contributed by atoms with Crippen LogP contribution in [0.1, 0.15) is 155 Å². The summed E-state index contributed by atoms with van der Waals surface area (Å²) in [6, 6.07) is 0. The van der Waals surface area contributed by atoms with Gasteiger partial charge in [-0.2, -0.15) is 0 Å². The lowest BCUT2D eigenvalue weighted by molar-refractivity contribution is -0.699. The molecule has 4 heterocycles. The van der Waals surface area contributed by atoms with Gasteiger partial charge in [0.05, 0.1) is 37.5 Å². The van der Waals surface area contributed by atoms with Crippen LogP contribution in [0.5, 0.6) is 0 Å². The van der Waals surface area contributed by atoms with Crippen LogP contribution in [0.2, 0.25) is 0 Å². The predicted molar refractivity (Wildman–Crippen MR) is 235 cm³/mol. The molecule has 7 unspecified atom stereocenters. The number of nitrogens with zero attached hydrogens (tertiary/aromatic N) is 1. The fourth-order valence-corrected chi connectivity index (χ4v) is 15.9. The highest BCUT2D eigenvalue weighted by Crippen LogP contribution is 2.49. The molecule has 6 fully saturated rings. The summed E-state index contributed by atoms with van der Waals surface area (Å²) in [7, 11) is 3.89. The predicted octanol–water partition coefficient (Wildman–Crippen LogP) is 3.27. The van der Waals surface area contributed by atoms with Crippen molar-refractivity contribution in [1.29, 1.82) is 0 Å². The van der Waals surface area contributed by atoms with E-state index < -0.39 is 12.2 Å². The molecule has 0 aromatic heterocycles. The number of aliphatic hydroxyl groups excluding tert-OH is 2. The third-order valence-electron chi connectivity index (χ3n) is 15.7. The van der Waals surface area contributed by atoms with Crippen molar-refractivity contribution in [3.63, 3.8) is 0 Å². The molecule has 14 heteroatoms. The van der Waals surface area contributed by atoms with E-state index in [-0.39, 0.29) is 64.4 Å². The smallest absolute Gasteiger partial charge is 0.342 e. The van der Waals surface area contributed by atoms with Crippen LogP contribution < -0.4 is 27.1 Å². The number of guanidine groups is 1. The molecule has 10 N–H and O–H groups in total. The van der Waals surface area contributed by atoms with E-state index in [1.807, 2.05) is 21.6 Å². The number of carbonyl (C=O) groups is 2. The second-order valence-corrected chi connectivity index (χ2v) is 23.1. The first-order valence-corrected chi connectivity index (χ1v) is 26.3. The van der Waals surface area contributed by atoms with Crippen LogP contribution in [-0.4, -0.2) is 106 Å². The number of amides is 1. The molecule has 7 aliphatic rings. The molecular formula is C45H80N6O6S2+2. The highest BCUT2D eigenvalue weighted by Gasteiger charge is 2.51. The summed E-state index contributed by atoms with van der Waals surface area (Å²) in [5.74, 6) is 3.05. The minimum absolute atomic E-state index is 0.0701. The van der Waals surface area contributed by atoms with Gasteiger partial charge in [0.1, 0.15) is 17.1 Å². The first-order valence-electron chi connectivity index (χ1n) is 24.0. The van der Waals surface area contributed by atoms with E-state index in [1.54, 1.807) is 0 Å². The van der Waals surface area contributed by atoms with Gasteiger partial charge in [-0.25, -0.2) is 0 Å². The number of carbonyl (C=O) groups excluding carboxylic acids is 2. The van der Waals surface area contributed by atoms with Gasteiger partial charge in [-0.1, -0.05) is 36.5 Å². The van der Waals surface area contributed by atoms with E-state index in [9.17, 15) is 19.8 Å². The number of aliphatic hydroxyl groups is 2. The van der Waals surface area contributed by atoms with Crippen molar-refractivity contribution in [3.05, 3.63) is 0 Å². The van der Waals surface area contributed by atoms with Gasteiger partial charge in [0.15, 0.2) is 0 Å². The summed E-state index contributed by atoms with van der Waals surface area (Å²) in [5.41, 5.74) is 13.0. The molecule has 59 heavy (non-hydrogen) atoms. The van der Waals surface area contributed by atoms with Crippen LogP contribution in [-0.2, 0) is 19.1 Å². The standard InChI is InChI=1S/C45H78N6O6S2/c1-30(52)56-36-14-12-33-24-34(41(55)42-37(33)15-13-32-9-8-11-38(32)57-42)28-51-29-44(27-40(51)54,26-31-16-20-48-39(46)23-31)19-21-49-43(47)50-45(17-5-6-18-45)59-58-22-7-3-2-4-10-35(53)25-36/h31-39,41-42,48,53,55H,2-29,46H2,1H3,(H3,47,49,50)/p+2/t31?,32-,33?,34?,35-,36-,37?,38+,39?,41?,42?,44+/m0/s1. The Hall–Kier alpha value is -1.29. The maximum Gasteiger partial charge on any atom is 0.342 e. The largest absolute Gasteiger partial charge is 0.462 e. The Morgan fingerprint density at radius 1 is 0.949 bits per heavy atom. The van der Waals surface area contributed by atoms with Crippen molar-refractivity contribution >= 4 is 39.4 Å². The van der Waals surface area contributed by atoms with Crippen LogP contribution in [0, 0.1) is 35.0 Å². The number of fused-ring (bicyclic) bond motifs is 7. The zero-order valence-corrected chi connectivity index (χ0v) is 37.8. The number of quaternary nitrogens is 1. The molecule has 1 amide bonds. The van der Waals surface area contributed by atoms with E-state index in [0.717, 1.165) is 109 Å². The minimum atomic E-state index is -0.635. The van der Waals surface area contributed by atoms with Gasteiger partial charge in [0, 0.05) is 50.9 Å². The minimum Gasteiger partial charge on any atom is -0.462 e. The number of nitrogens with two attached hydrogens (primary N) is 3. The summed E-state index contributed by atoms with van der Waals surface area (Å²) >= 11 is 0. The van der Waals surface area contributed by atoms with Crippen LogP contribution in [0.25, 0.3) is 0 Å². The average Bonchev–Trinajstić information content (AvgIpc) is 3.88. The molecule has 336 valence electrons. The molecule has 12 nitrogen and oxygen atoms in total.